The van der Waals surface area contributed by atoms with Gasteiger partial charge in [0.05, 0.1) is 11.4 Å². The van der Waals surface area contributed by atoms with Crippen molar-refractivity contribution in [3.63, 3.8) is 0 Å². The molecule has 0 bridgehead atoms. The van der Waals surface area contributed by atoms with E-state index in [9.17, 15) is 9.90 Å². The number of rotatable bonds is 4. The largest absolute Gasteiger partial charge is 0.477 e. The molecule has 2 N–H and O–H groups in total. The molecule has 150 valence electrons. The molecule has 0 atom stereocenters. The average Bonchev–Trinajstić information content (AvgIpc) is 3.08. The van der Waals surface area contributed by atoms with Crippen LogP contribution in [0.5, 0.6) is 5.75 Å². The Hall–Kier alpha value is -2.15. The van der Waals surface area contributed by atoms with E-state index in [2.05, 4.69) is 10.3 Å². The summed E-state index contributed by atoms with van der Waals surface area (Å²) in [5, 5.41) is 13.9. The number of carboxylic acid groups (broad SMARTS) is 1. The molecule has 0 aromatic carbocycles. The first-order valence-corrected chi connectivity index (χ1v) is 11.2. The number of thiophene rings is 1. The van der Waals surface area contributed by atoms with E-state index in [0.717, 1.165) is 42.4 Å². The number of aromatic nitrogens is 1. The van der Waals surface area contributed by atoms with Crippen LogP contribution in [0.2, 0.25) is 0 Å². The molecule has 2 aliphatic rings. The van der Waals surface area contributed by atoms with Crippen LogP contribution in [0.4, 0.5) is 0 Å². The van der Waals surface area contributed by atoms with Crippen molar-refractivity contribution in [2.45, 2.75) is 76.3 Å². The molecule has 2 aromatic heterocycles. The van der Waals surface area contributed by atoms with Gasteiger partial charge in [-0.2, -0.15) is 0 Å². The number of hydrogen-bond donors (Lipinski definition) is 2. The van der Waals surface area contributed by atoms with Crippen LogP contribution >= 0.6 is 11.3 Å². The van der Waals surface area contributed by atoms with E-state index in [1.54, 1.807) is 12.3 Å². The number of carboxylic acids is 1. The number of nitrogens with zero attached hydrogens (tertiary/aromatic N) is 2. The second-order valence-electron chi connectivity index (χ2n) is 7.73. The van der Waals surface area contributed by atoms with Gasteiger partial charge in [-0.05, 0) is 37.8 Å². The molecule has 0 saturated heterocycles. The Balaban J connectivity index is 1.64. The maximum absolute atomic E-state index is 11.8. The number of fused-ring (bicyclic) bond motifs is 1. The predicted molar refractivity (Wildman–Crippen MR) is 112 cm³/mol. The third kappa shape index (κ3) is 4.46. The summed E-state index contributed by atoms with van der Waals surface area (Å²) in [7, 11) is 0. The molecule has 2 aliphatic carbocycles. The Morgan fingerprint density at radius 1 is 1.14 bits per heavy atom. The van der Waals surface area contributed by atoms with Crippen molar-refractivity contribution < 1.29 is 14.6 Å². The van der Waals surface area contributed by atoms with Crippen molar-refractivity contribution in [2.24, 2.45) is 4.99 Å². The maximum atomic E-state index is 11.8. The van der Waals surface area contributed by atoms with E-state index in [4.69, 9.17) is 9.73 Å². The van der Waals surface area contributed by atoms with Crippen molar-refractivity contribution in [2.75, 3.05) is 0 Å². The second-order valence-corrected chi connectivity index (χ2v) is 8.73. The fourth-order valence-corrected chi connectivity index (χ4v) is 5.05. The lowest BCUT2D eigenvalue weighted by Crippen LogP contribution is -2.40. The van der Waals surface area contributed by atoms with Crippen molar-refractivity contribution in [1.82, 2.24) is 10.3 Å². The van der Waals surface area contributed by atoms with Crippen LogP contribution in [0.3, 0.4) is 0 Å². The van der Waals surface area contributed by atoms with Gasteiger partial charge in [0.25, 0.3) is 6.02 Å². The highest BCUT2D eigenvalue weighted by molar-refractivity contribution is 7.20. The highest BCUT2D eigenvalue weighted by atomic mass is 32.1. The topological polar surface area (TPSA) is 83.8 Å². The van der Waals surface area contributed by atoms with Crippen LogP contribution in [0.25, 0.3) is 10.2 Å². The zero-order valence-corrected chi connectivity index (χ0v) is 16.8. The Bertz CT molecular complexity index is 852. The number of nitrogens with one attached hydrogen (secondary N) is 1. The van der Waals surface area contributed by atoms with Gasteiger partial charge in [-0.1, -0.05) is 38.5 Å². The predicted octanol–water partition coefficient (Wildman–Crippen LogP) is 4.98. The lowest BCUT2D eigenvalue weighted by Gasteiger charge is -2.26. The lowest BCUT2D eigenvalue weighted by molar-refractivity contribution is 0.0700. The zero-order chi connectivity index (χ0) is 19.3. The molecule has 2 saturated carbocycles. The molecule has 28 heavy (non-hydrogen) atoms. The SMILES string of the molecule is O=C(O)c1sc2ncccc2c1OC(=NC1CCCCC1)NC1CCCCC1. The number of aromatic carboxylic acids is 1. The Labute approximate surface area is 169 Å². The van der Waals surface area contributed by atoms with E-state index in [1.165, 1.54) is 38.5 Å². The maximum Gasteiger partial charge on any atom is 0.349 e. The van der Waals surface area contributed by atoms with Gasteiger partial charge in [0.15, 0.2) is 10.6 Å². The number of ether oxygens (including phenoxy) is 1. The highest BCUT2D eigenvalue weighted by Gasteiger charge is 2.24. The summed E-state index contributed by atoms with van der Waals surface area (Å²) in [6.07, 6.45) is 13.3. The van der Waals surface area contributed by atoms with Crippen molar-refractivity contribution in [3.8, 4) is 5.75 Å². The average molecular weight is 402 g/mol. The van der Waals surface area contributed by atoms with Gasteiger partial charge in [0.2, 0.25) is 0 Å². The molecular formula is C21H27N3O3S. The van der Waals surface area contributed by atoms with Crippen LogP contribution in [-0.4, -0.2) is 34.2 Å². The molecule has 7 heteroatoms. The molecule has 0 radical (unpaired) electrons. The molecule has 2 heterocycles. The minimum Gasteiger partial charge on any atom is -0.477 e. The standard InChI is InChI=1S/C21H27N3O3S/c25-20(26)18-17(16-12-7-13-22-19(16)28-18)27-21(23-14-8-3-1-4-9-14)24-15-10-5-2-6-11-15/h7,12-15H,1-6,8-11H2,(H,23,24)(H,25,26). The summed E-state index contributed by atoms with van der Waals surface area (Å²) in [6, 6.07) is 4.73. The van der Waals surface area contributed by atoms with Gasteiger partial charge in [0, 0.05) is 12.2 Å². The van der Waals surface area contributed by atoms with Gasteiger partial charge < -0.3 is 15.2 Å². The van der Waals surface area contributed by atoms with E-state index in [1.807, 2.05) is 6.07 Å². The lowest BCUT2D eigenvalue weighted by atomic mass is 9.95. The second kappa shape index (κ2) is 8.90. The Kier molecular flexibility index (Phi) is 6.10. The van der Waals surface area contributed by atoms with Crippen LogP contribution in [0.1, 0.15) is 73.9 Å². The van der Waals surface area contributed by atoms with Crippen LogP contribution in [-0.2, 0) is 0 Å². The molecule has 2 fully saturated rings. The van der Waals surface area contributed by atoms with E-state index in [-0.39, 0.29) is 10.9 Å². The first kappa shape index (κ1) is 19.2. The summed E-state index contributed by atoms with van der Waals surface area (Å²) < 4.78 is 6.19. The Morgan fingerprint density at radius 2 is 1.86 bits per heavy atom. The van der Waals surface area contributed by atoms with Crippen LogP contribution in [0, 0.1) is 0 Å². The third-order valence-electron chi connectivity index (χ3n) is 5.62. The summed E-state index contributed by atoms with van der Waals surface area (Å²) in [4.78, 5) is 21.8. The molecule has 0 spiro atoms. The molecule has 0 amide bonds. The fourth-order valence-electron chi connectivity index (χ4n) is 4.14. The molecule has 0 aliphatic heterocycles. The molecule has 6 nitrogen and oxygen atoms in total. The van der Waals surface area contributed by atoms with E-state index >= 15 is 0 Å². The first-order valence-electron chi connectivity index (χ1n) is 10.3. The number of aliphatic imine (C=N–C) groups is 1. The molecular weight excluding hydrogens is 374 g/mol. The van der Waals surface area contributed by atoms with E-state index < -0.39 is 5.97 Å². The Morgan fingerprint density at radius 3 is 2.57 bits per heavy atom. The van der Waals surface area contributed by atoms with Gasteiger partial charge in [-0.15, -0.1) is 11.3 Å². The summed E-state index contributed by atoms with van der Waals surface area (Å²) >= 11 is 1.15. The quantitative estimate of drug-likeness (QED) is 0.557. The normalized spacial score (nSPS) is 19.6. The number of hydrogen-bond acceptors (Lipinski definition) is 5. The summed E-state index contributed by atoms with van der Waals surface area (Å²) in [5.41, 5.74) is 0. The summed E-state index contributed by atoms with van der Waals surface area (Å²) in [6.45, 7) is 0. The van der Waals surface area contributed by atoms with Crippen molar-refractivity contribution in [1.29, 1.82) is 0 Å². The molecule has 0 unspecified atom stereocenters. The van der Waals surface area contributed by atoms with Crippen molar-refractivity contribution >= 4 is 33.5 Å². The van der Waals surface area contributed by atoms with Gasteiger partial charge >= 0.3 is 5.97 Å². The molecule has 4 rings (SSSR count). The van der Waals surface area contributed by atoms with Crippen molar-refractivity contribution in [3.05, 3.63) is 23.2 Å². The monoisotopic (exact) mass is 401 g/mol. The van der Waals surface area contributed by atoms with E-state index in [0.29, 0.717) is 22.6 Å². The third-order valence-corrected chi connectivity index (χ3v) is 6.70. The smallest absolute Gasteiger partial charge is 0.349 e. The summed E-state index contributed by atoms with van der Waals surface area (Å²) in [5.74, 6) is -0.633. The number of amidine groups is 1. The van der Waals surface area contributed by atoms with Gasteiger partial charge in [-0.3, -0.25) is 0 Å². The fraction of sp³-hybridized carbons (Fsp3) is 0.571. The van der Waals surface area contributed by atoms with Crippen LogP contribution < -0.4 is 10.1 Å². The highest BCUT2D eigenvalue weighted by Crippen LogP contribution is 2.37. The minimum atomic E-state index is -0.993. The van der Waals surface area contributed by atoms with Crippen LogP contribution in [0.15, 0.2) is 23.3 Å². The van der Waals surface area contributed by atoms with Gasteiger partial charge in [0.1, 0.15) is 4.83 Å². The van der Waals surface area contributed by atoms with Gasteiger partial charge in [-0.25, -0.2) is 14.8 Å². The zero-order valence-electron chi connectivity index (χ0n) is 16.0. The molecule has 2 aromatic rings. The first-order chi connectivity index (χ1) is 13.7. The number of pyridine rings is 1. The number of carbonyl (C=O) groups is 1. The minimum absolute atomic E-state index is 0.176.